The minimum Gasteiger partial charge on any atom is -0.494 e. The van der Waals surface area contributed by atoms with Crippen molar-refractivity contribution in [1.29, 1.82) is 0 Å². The molecule has 150 valence electrons. The fourth-order valence-corrected chi connectivity index (χ4v) is 3.34. The highest BCUT2D eigenvalue weighted by molar-refractivity contribution is 5.81. The predicted molar refractivity (Wildman–Crippen MR) is 104 cm³/mol. The Bertz CT molecular complexity index is 806. The molecule has 0 radical (unpaired) electrons. The summed E-state index contributed by atoms with van der Waals surface area (Å²) in [7, 11) is 1.41. The quantitative estimate of drug-likeness (QED) is 0.825. The zero-order valence-electron chi connectivity index (χ0n) is 16.1. The van der Waals surface area contributed by atoms with Crippen molar-refractivity contribution >= 4 is 11.6 Å². The van der Waals surface area contributed by atoms with Gasteiger partial charge in [-0.1, -0.05) is 6.07 Å². The number of piperazine rings is 1. The maximum absolute atomic E-state index is 13.8. The average Bonchev–Trinajstić information content (AvgIpc) is 2.72. The molecule has 1 amide bonds. The Kier molecular flexibility index (Phi) is 6.46. The molecule has 2 aromatic rings. The summed E-state index contributed by atoms with van der Waals surface area (Å²) < 4.78 is 31.7. The Labute approximate surface area is 163 Å². The van der Waals surface area contributed by atoms with E-state index in [1.54, 1.807) is 24.3 Å². The first-order chi connectivity index (χ1) is 13.5. The third-order valence-electron chi connectivity index (χ3n) is 5.12. The lowest BCUT2D eigenvalue weighted by atomic mass is 10.1. The SMILES string of the molecule is COc1ccc(CNC(=O)C(C)N2CCN(c3ccc(F)cc3)CC2)cc1F. The second-order valence-electron chi connectivity index (χ2n) is 6.86. The number of halogens is 2. The number of nitrogens with one attached hydrogen (secondary N) is 1. The lowest BCUT2D eigenvalue weighted by Gasteiger charge is -2.38. The molecule has 28 heavy (non-hydrogen) atoms. The van der Waals surface area contributed by atoms with E-state index in [4.69, 9.17) is 4.74 Å². The Morgan fingerprint density at radius 1 is 1.11 bits per heavy atom. The number of hydrogen-bond acceptors (Lipinski definition) is 4. The fraction of sp³-hybridized carbons (Fsp3) is 0.381. The Morgan fingerprint density at radius 2 is 1.79 bits per heavy atom. The molecule has 1 aliphatic rings. The molecule has 1 N–H and O–H groups in total. The standard InChI is InChI=1S/C21H25F2N3O2/c1-15(21(27)24-14-16-3-8-20(28-2)19(23)13-16)25-9-11-26(12-10-25)18-6-4-17(22)5-7-18/h3-8,13,15H,9-12,14H2,1-2H3,(H,24,27). The number of carbonyl (C=O) groups is 1. The second-order valence-corrected chi connectivity index (χ2v) is 6.86. The first kappa shape index (κ1) is 20.1. The molecule has 1 unspecified atom stereocenters. The number of methoxy groups -OCH3 is 1. The number of ether oxygens (including phenoxy) is 1. The first-order valence-corrected chi connectivity index (χ1v) is 9.32. The molecule has 1 aliphatic heterocycles. The minimum absolute atomic E-state index is 0.0912. The normalized spacial score (nSPS) is 15.9. The van der Waals surface area contributed by atoms with Crippen LogP contribution >= 0.6 is 0 Å². The summed E-state index contributed by atoms with van der Waals surface area (Å²) in [5.41, 5.74) is 1.67. The van der Waals surface area contributed by atoms with Gasteiger partial charge in [0.25, 0.3) is 0 Å². The zero-order valence-corrected chi connectivity index (χ0v) is 16.1. The monoisotopic (exact) mass is 389 g/mol. The van der Waals surface area contributed by atoms with Crippen LogP contribution in [0.3, 0.4) is 0 Å². The molecule has 1 saturated heterocycles. The van der Waals surface area contributed by atoms with E-state index in [0.29, 0.717) is 5.56 Å². The van der Waals surface area contributed by atoms with Gasteiger partial charge in [-0.2, -0.15) is 0 Å². The molecule has 0 bridgehead atoms. The van der Waals surface area contributed by atoms with Crippen molar-refractivity contribution in [3.63, 3.8) is 0 Å². The van der Waals surface area contributed by atoms with Crippen LogP contribution in [0.25, 0.3) is 0 Å². The van der Waals surface area contributed by atoms with Crippen molar-refractivity contribution in [2.24, 2.45) is 0 Å². The number of amides is 1. The number of nitrogens with zero attached hydrogens (tertiary/aromatic N) is 2. The highest BCUT2D eigenvalue weighted by Gasteiger charge is 2.25. The number of hydrogen-bond donors (Lipinski definition) is 1. The molecule has 1 atom stereocenters. The van der Waals surface area contributed by atoms with Gasteiger partial charge in [0.1, 0.15) is 5.82 Å². The Hall–Kier alpha value is -2.67. The van der Waals surface area contributed by atoms with Crippen LogP contribution in [0.2, 0.25) is 0 Å². The lowest BCUT2D eigenvalue weighted by molar-refractivity contribution is -0.126. The van der Waals surface area contributed by atoms with Crippen molar-refractivity contribution < 1.29 is 18.3 Å². The van der Waals surface area contributed by atoms with Crippen LogP contribution in [0.1, 0.15) is 12.5 Å². The van der Waals surface area contributed by atoms with Gasteiger partial charge in [-0.3, -0.25) is 9.69 Å². The first-order valence-electron chi connectivity index (χ1n) is 9.32. The van der Waals surface area contributed by atoms with E-state index >= 15 is 0 Å². The number of carbonyl (C=O) groups excluding carboxylic acids is 1. The van der Waals surface area contributed by atoms with Crippen molar-refractivity contribution in [3.05, 3.63) is 59.7 Å². The molecule has 1 fully saturated rings. The molecule has 0 saturated carbocycles. The molecule has 0 aromatic heterocycles. The van der Waals surface area contributed by atoms with E-state index in [-0.39, 0.29) is 30.1 Å². The van der Waals surface area contributed by atoms with Crippen molar-refractivity contribution in [3.8, 4) is 5.75 Å². The molecule has 7 heteroatoms. The number of benzene rings is 2. The van der Waals surface area contributed by atoms with Gasteiger partial charge in [0, 0.05) is 38.4 Å². The number of rotatable bonds is 6. The van der Waals surface area contributed by atoms with E-state index in [9.17, 15) is 13.6 Å². The van der Waals surface area contributed by atoms with Crippen molar-refractivity contribution in [1.82, 2.24) is 10.2 Å². The average molecular weight is 389 g/mol. The summed E-state index contributed by atoms with van der Waals surface area (Å²) in [6, 6.07) is 10.8. The highest BCUT2D eigenvalue weighted by Crippen LogP contribution is 2.19. The van der Waals surface area contributed by atoms with E-state index in [1.165, 1.54) is 25.3 Å². The van der Waals surface area contributed by atoms with Gasteiger partial charge < -0.3 is 15.0 Å². The van der Waals surface area contributed by atoms with Crippen LogP contribution in [0.15, 0.2) is 42.5 Å². The van der Waals surface area contributed by atoms with Crippen LogP contribution < -0.4 is 15.0 Å². The smallest absolute Gasteiger partial charge is 0.237 e. The van der Waals surface area contributed by atoms with Crippen LogP contribution in [-0.2, 0) is 11.3 Å². The molecule has 0 spiro atoms. The van der Waals surface area contributed by atoms with Gasteiger partial charge in [0.05, 0.1) is 13.2 Å². The van der Waals surface area contributed by atoms with E-state index < -0.39 is 5.82 Å². The summed E-state index contributed by atoms with van der Waals surface area (Å²) in [6.07, 6.45) is 0. The van der Waals surface area contributed by atoms with Gasteiger partial charge in [-0.15, -0.1) is 0 Å². The van der Waals surface area contributed by atoms with Crippen LogP contribution in [0.5, 0.6) is 5.75 Å². The third kappa shape index (κ3) is 4.78. The summed E-state index contributed by atoms with van der Waals surface area (Å²) in [5.74, 6) is -0.599. The molecule has 3 rings (SSSR count). The third-order valence-corrected chi connectivity index (χ3v) is 5.12. The van der Waals surface area contributed by atoms with Crippen molar-refractivity contribution in [2.45, 2.75) is 19.5 Å². The van der Waals surface area contributed by atoms with Gasteiger partial charge in [0.15, 0.2) is 11.6 Å². The maximum atomic E-state index is 13.8. The topological polar surface area (TPSA) is 44.8 Å². The van der Waals surface area contributed by atoms with Gasteiger partial charge in [-0.25, -0.2) is 8.78 Å². The summed E-state index contributed by atoms with van der Waals surface area (Å²) in [4.78, 5) is 16.8. The molecule has 5 nitrogen and oxygen atoms in total. The van der Waals surface area contributed by atoms with E-state index in [2.05, 4.69) is 15.1 Å². The largest absolute Gasteiger partial charge is 0.494 e. The van der Waals surface area contributed by atoms with Crippen LogP contribution in [0.4, 0.5) is 14.5 Å². The predicted octanol–water partition coefficient (Wildman–Crippen LogP) is 2.80. The second kappa shape index (κ2) is 9.01. The van der Waals surface area contributed by atoms with Gasteiger partial charge in [-0.05, 0) is 48.9 Å². The minimum atomic E-state index is -0.445. The molecule has 2 aromatic carbocycles. The van der Waals surface area contributed by atoms with Crippen molar-refractivity contribution in [2.75, 3.05) is 38.2 Å². The van der Waals surface area contributed by atoms with E-state index in [1.807, 2.05) is 6.92 Å². The van der Waals surface area contributed by atoms with E-state index in [0.717, 1.165) is 31.9 Å². The molecular formula is C21H25F2N3O2. The number of anilines is 1. The van der Waals surface area contributed by atoms with Gasteiger partial charge in [0.2, 0.25) is 5.91 Å². The molecule has 0 aliphatic carbocycles. The van der Waals surface area contributed by atoms with Crippen LogP contribution in [0, 0.1) is 11.6 Å². The maximum Gasteiger partial charge on any atom is 0.237 e. The lowest BCUT2D eigenvalue weighted by Crippen LogP contribution is -2.53. The summed E-state index contributed by atoms with van der Waals surface area (Å²) in [6.45, 7) is 5.16. The molecular weight excluding hydrogens is 364 g/mol. The Balaban J connectivity index is 1.49. The molecule has 1 heterocycles. The Morgan fingerprint density at radius 3 is 2.39 bits per heavy atom. The summed E-state index contributed by atoms with van der Waals surface area (Å²) >= 11 is 0. The van der Waals surface area contributed by atoms with Gasteiger partial charge >= 0.3 is 0 Å². The summed E-state index contributed by atoms with van der Waals surface area (Å²) in [5, 5.41) is 2.87. The van der Waals surface area contributed by atoms with Crippen LogP contribution in [-0.4, -0.2) is 50.1 Å². The highest BCUT2D eigenvalue weighted by atomic mass is 19.1. The fourth-order valence-electron chi connectivity index (χ4n) is 3.34. The zero-order chi connectivity index (χ0) is 20.1.